The summed E-state index contributed by atoms with van der Waals surface area (Å²) in [6.45, 7) is 2.89. The average Bonchev–Trinajstić information content (AvgIpc) is 3.36. The number of anilines is 1. The van der Waals surface area contributed by atoms with Crippen LogP contribution >= 0.6 is 11.8 Å². The summed E-state index contributed by atoms with van der Waals surface area (Å²) in [7, 11) is -8.92. The molecule has 12 nitrogen and oxygen atoms in total. The molecule has 1 atom stereocenters. The van der Waals surface area contributed by atoms with Crippen LogP contribution in [0.5, 0.6) is 0 Å². The summed E-state index contributed by atoms with van der Waals surface area (Å²) in [5.41, 5.74) is 1.34. The lowest BCUT2D eigenvalue weighted by Crippen LogP contribution is -2.15. The molecule has 1 heterocycles. The van der Waals surface area contributed by atoms with Crippen LogP contribution in [0.15, 0.2) is 114 Å². The van der Waals surface area contributed by atoms with Crippen LogP contribution in [0.2, 0.25) is 0 Å². The van der Waals surface area contributed by atoms with Crippen molar-refractivity contribution in [1.82, 2.24) is 0 Å². The molecular formula is C28H24N4O8S3. The van der Waals surface area contributed by atoms with Gasteiger partial charge in [0.1, 0.15) is 20.6 Å². The van der Waals surface area contributed by atoms with Gasteiger partial charge in [0.25, 0.3) is 26.1 Å². The van der Waals surface area contributed by atoms with Crippen LogP contribution in [0.3, 0.4) is 0 Å². The van der Waals surface area contributed by atoms with Crippen LogP contribution in [-0.4, -0.2) is 48.0 Å². The number of aliphatic imine (C=N–C) groups is 1. The molecule has 5 rings (SSSR count). The van der Waals surface area contributed by atoms with Crippen molar-refractivity contribution in [2.24, 2.45) is 15.2 Å². The topological polar surface area (TPSA) is 195 Å². The molecule has 0 saturated carbocycles. The fourth-order valence-electron chi connectivity index (χ4n) is 4.65. The summed E-state index contributed by atoms with van der Waals surface area (Å²) in [4.78, 5) is 17.7. The van der Waals surface area contributed by atoms with Crippen molar-refractivity contribution in [2.75, 3.05) is 5.32 Å². The van der Waals surface area contributed by atoms with Crippen molar-refractivity contribution in [3.05, 3.63) is 99.1 Å². The number of hydrogen-bond donors (Lipinski definition) is 4. The van der Waals surface area contributed by atoms with Gasteiger partial charge in [0, 0.05) is 26.9 Å². The van der Waals surface area contributed by atoms with E-state index >= 15 is 0 Å². The first-order chi connectivity index (χ1) is 20.2. The highest BCUT2D eigenvalue weighted by Crippen LogP contribution is 2.44. The fraction of sp³-hybridized carbons (Fsp3) is 0.143. The molecule has 0 bridgehead atoms. The molecule has 2 aliphatic rings. The maximum atomic E-state index is 13.0. The Morgan fingerprint density at radius 3 is 2.30 bits per heavy atom. The highest BCUT2D eigenvalue weighted by molar-refractivity contribution is 8.18. The molecule has 0 spiro atoms. The van der Waals surface area contributed by atoms with Gasteiger partial charge in [-0.1, -0.05) is 54.2 Å². The van der Waals surface area contributed by atoms with Gasteiger partial charge in [-0.25, -0.2) is 0 Å². The normalized spacial score (nSPS) is 17.9. The first-order valence-corrected chi connectivity index (χ1v) is 16.3. The number of hydrogen-bond acceptors (Lipinski definition) is 10. The lowest BCUT2D eigenvalue weighted by Gasteiger charge is -2.17. The van der Waals surface area contributed by atoms with E-state index in [2.05, 4.69) is 20.5 Å². The zero-order valence-corrected chi connectivity index (χ0v) is 25.0. The van der Waals surface area contributed by atoms with Crippen LogP contribution in [-0.2, 0) is 25.0 Å². The summed E-state index contributed by atoms with van der Waals surface area (Å²) < 4.78 is 66.7. The molecule has 0 aromatic heterocycles. The van der Waals surface area contributed by atoms with Gasteiger partial charge in [0.05, 0.1) is 11.7 Å². The van der Waals surface area contributed by atoms with E-state index in [1.807, 2.05) is 0 Å². The summed E-state index contributed by atoms with van der Waals surface area (Å²) in [6.07, 6.45) is 2.25. The van der Waals surface area contributed by atoms with Gasteiger partial charge in [-0.2, -0.15) is 21.9 Å². The molecule has 15 heteroatoms. The second-order valence-corrected chi connectivity index (χ2v) is 13.4. The van der Waals surface area contributed by atoms with E-state index in [1.165, 1.54) is 49.0 Å². The minimum atomic E-state index is -4.51. The van der Waals surface area contributed by atoms with Gasteiger partial charge in [0.15, 0.2) is 5.70 Å². The number of azo groups is 1. The number of carbonyl (C=O) groups is 1. The Balaban J connectivity index is 1.35. The van der Waals surface area contributed by atoms with Crippen molar-refractivity contribution < 1.29 is 35.8 Å². The predicted octanol–water partition coefficient (Wildman–Crippen LogP) is 5.91. The number of benzene rings is 3. The second-order valence-electron chi connectivity index (χ2n) is 9.61. The molecule has 4 N–H and O–H groups in total. The summed E-state index contributed by atoms with van der Waals surface area (Å²) >= 11 is 1.18. The van der Waals surface area contributed by atoms with Crippen molar-refractivity contribution in [3.63, 3.8) is 0 Å². The molecule has 1 aliphatic heterocycles. The molecule has 222 valence electrons. The quantitative estimate of drug-likeness (QED) is 0.105. The van der Waals surface area contributed by atoms with Crippen molar-refractivity contribution >= 4 is 65.1 Å². The zero-order valence-electron chi connectivity index (χ0n) is 22.6. The van der Waals surface area contributed by atoms with Crippen LogP contribution in [0.4, 0.5) is 11.4 Å². The van der Waals surface area contributed by atoms with Gasteiger partial charge >= 0.3 is 0 Å². The van der Waals surface area contributed by atoms with Gasteiger partial charge in [-0.15, -0.1) is 5.11 Å². The van der Waals surface area contributed by atoms with E-state index in [-0.39, 0.29) is 26.6 Å². The Morgan fingerprint density at radius 2 is 1.65 bits per heavy atom. The van der Waals surface area contributed by atoms with Crippen molar-refractivity contribution in [3.8, 4) is 0 Å². The van der Waals surface area contributed by atoms with Gasteiger partial charge < -0.3 is 10.4 Å². The summed E-state index contributed by atoms with van der Waals surface area (Å²) in [5.74, 6) is -1.22. The first-order valence-electron chi connectivity index (χ1n) is 12.6. The molecule has 0 saturated heterocycles. The van der Waals surface area contributed by atoms with E-state index < -0.39 is 37.9 Å². The van der Waals surface area contributed by atoms with E-state index in [0.29, 0.717) is 38.6 Å². The summed E-state index contributed by atoms with van der Waals surface area (Å²) in [6, 6.07) is 14.9. The van der Waals surface area contributed by atoms with E-state index in [4.69, 9.17) is 0 Å². The number of aliphatic hydroxyl groups is 1. The Hall–Kier alpha value is -4.15. The molecule has 1 unspecified atom stereocenters. The molecule has 0 radical (unpaired) electrons. The lowest BCUT2D eigenvalue weighted by molar-refractivity contribution is -0.113. The molecule has 1 amide bonds. The van der Waals surface area contributed by atoms with E-state index in [9.17, 15) is 35.8 Å². The van der Waals surface area contributed by atoms with Gasteiger partial charge in [0.2, 0.25) is 0 Å². The molecule has 3 aromatic carbocycles. The average molecular weight is 641 g/mol. The molecule has 0 fully saturated rings. The van der Waals surface area contributed by atoms with E-state index in [1.54, 1.807) is 43.3 Å². The molecule has 3 aromatic rings. The van der Waals surface area contributed by atoms with Crippen LogP contribution in [0, 0.1) is 0 Å². The Kier molecular flexibility index (Phi) is 8.11. The third kappa shape index (κ3) is 6.30. The number of fused-ring (bicyclic) bond motifs is 2. The van der Waals surface area contributed by atoms with E-state index in [0.717, 1.165) is 0 Å². The first kappa shape index (κ1) is 30.3. The Labute approximate surface area is 251 Å². The van der Waals surface area contributed by atoms with Crippen molar-refractivity contribution in [2.45, 2.75) is 31.2 Å². The van der Waals surface area contributed by atoms with Crippen LogP contribution < -0.4 is 5.32 Å². The van der Waals surface area contributed by atoms with Crippen LogP contribution in [0.25, 0.3) is 10.8 Å². The third-order valence-electron chi connectivity index (χ3n) is 6.62. The lowest BCUT2D eigenvalue weighted by atomic mass is 10.0. The standard InChI is InChI=1S/C28H24N4O8S3/c1-15-9-14-22-25(26(15)43(38,39)40)41-28(30-22)17-10-12-18(13-11-17)31-32-24(16(2)33)27(34)29-21-7-3-6-20-19(21)5-4-8-23(20)42(35,36)37/h3-13,22,33H,14H2,1-2H3,(H,29,34)(H,35,36,37)(H,38,39,40)/b24-16+,32-31+. The number of nitrogens with zero attached hydrogens (tertiary/aromatic N) is 3. The largest absolute Gasteiger partial charge is 0.510 e. The predicted molar refractivity (Wildman–Crippen MR) is 164 cm³/mol. The number of nitrogens with one attached hydrogen (secondary N) is 1. The number of allylic oxidation sites excluding steroid dienone is 2. The third-order valence-corrected chi connectivity index (χ3v) is 9.94. The highest BCUT2D eigenvalue weighted by Gasteiger charge is 2.35. The number of rotatable bonds is 7. The monoisotopic (exact) mass is 640 g/mol. The minimum absolute atomic E-state index is 0.114. The number of carbonyl (C=O) groups excluding carboxylic acids is 1. The highest BCUT2D eigenvalue weighted by atomic mass is 32.2. The zero-order chi connectivity index (χ0) is 31.1. The maximum Gasteiger partial charge on any atom is 0.295 e. The molecular weight excluding hydrogens is 617 g/mol. The maximum absolute atomic E-state index is 13.0. The van der Waals surface area contributed by atoms with Crippen LogP contribution in [0.1, 0.15) is 25.8 Å². The number of thioether (sulfide) groups is 1. The fourth-order valence-corrected chi connectivity index (χ4v) is 7.86. The minimum Gasteiger partial charge on any atom is -0.510 e. The summed E-state index contributed by atoms with van der Waals surface area (Å²) in [5, 5.41) is 21.8. The number of aliphatic hydroxyl groups excluding tert-OH is 1. The smallest absolute Gasteiger partial charge is 0.295 e. The van der Waals surface area contributed by atoms with Gasteiger partial charge in [-0.3, -0.25) is 18.9 Å². The van der Waals surface area contributed by atoms with Gasteiger partial charge in [-0.05, 0) is 50.1 Å². The Bertz CT molecular complexity index is 2040. The van der Waals surface area contributed by atoms with Crippen molar-refractivity contribution in [1.29, 1.82) is 0 Å². The second kappa shape index (κ2) is 11.5. The number of amides is 1. The Morgan fingerprint density at radius 1 is 0.977 bits per heavy atom. The molecule has 43 heavy (non-hydrogen) atoms. The SMILES string of the molecule is CC1=CCC2N=C(c3ccc(/N=N/C(C(=O)Nc4cccc5c(S(=O)(=O)O)cccc45)=C(\C)O)cc3)SC2=C1S(=O)(=O)O. The molecule has 1 aliphatic carbocycles.